The molecule has 0 spiro atoms. The molecule has 2 aromatic carbocycles. The number of nitrogens with one attached hydrogen (secondary N) is 2. The first-order chi connectivity index (χ1) is 13.2. The van der Waals surface area contributed by atoms with Crippen LogP contribution in [0.4, 0.5) is 5.69 Å². The maximum absolute atomic E-state index is 12.8. The molecule has 5 heteroatoms. The van der Waals surface area contributed by atoms with Crippen LogP contribution in [0.25, 0.3) is 0 Å². The number of benzene rings is 2. The van der Waals surface area contributed by atoms with Crippen molar-refractivity contribution in [3.63, 3.8) is 0 Å². The van der Waals surface area contributed by atoms with E-state index in [0.29, 0.717) is 12.1 Å². The second kappa shape index (κ2) is 9.29. The van der Waals surface area contributed by atoms with Gasteiger partial charge in [-0.2, -0.15) is 0 Å². The Morgan fingerprint density at radius 1 is 0.852 bits per heavy atom. The second-order valence-corrected chi connectivity index (χ2v) is 6.12. The third kappa shape index (κ3) is 5.51. The number of carbonyl (C=O) groups is 2. The zero-order valence-corrected chi connectivity index (χ0v) is 14.8. The van der Waals surface area contributed by atoms with Crippen LogP contribution in [0, 0.1) is 0 Å². The summed E-state index contributed by atoms with van der Waals surface area (Å²) >= 11 is 0. The normalized spacial score (nSPS) is 11.4. The summed E-state index contributed by atoms with van der Waals surface area (Å²) in [6.45, 7) is -0.0840. The van der Waals surface area contributed by atoms with E-state index in [-0.39, 0.29) is 18.4 Å². The van der Waals surface area contributed by atoms with E-state index in [1.807, 2.05) is 66.7 Å². The predicted molar refractivity (Wildman–Crippen MR) is 105 cm³/mol. The summed E-state index contributed by atoms with van der Waals surface area (Å²) < 4.78 is 0. The van der Waals surface area contributed by atoms with Gasteiger partial charge in [-0.1, -0.05) is 54.6 Å². The van der Waals surface area contributed by atoms with Crippen LogP contribution in [0.3, 0.4) is 0 Å². The maximum atomic E-state index is 12.8. The minimum absolute atomic E-state index is 0.0840. The van der Waals surface area contributed by atoms with Crippen LogP contribution in [0.15, 0.2) is 85.1 Å². The topological polar surface area (TPSA) is 71.1 Å². The summed E-state index contributed by atoms with van der Waals surface area (Å²) in [5, 5.41) is 5.50. The van der Waals surface area contributed by atoms with Gasteiger partial charge in [0.15, 0.2) is 0 Å². The van der Waals surface area contributed by atoms with E-state index in [0.717, 1.165) is 11.3 Å². The smallest absolute Gasteiger partial charge is 0.243 e. The number of pyridine rings is 1. The van der Waals surface area contributed by atoms with Gasteiger partial charge in [0.25, 0.3) is 0 Å². The minimum atomic E-state index is -0.411. The number of hydrogen-bond acceptors (Lipinski definition) is 3. The van der Waals surface area contributed by atoms with Gasteiger partial charge in [0, 0.05) is 24.0 Å². The molecule has 5 nitrogen and oxygen atoms in total. The number of rotatable bonds is 7. The molecule has 136 valence electrons. The van der Waals surface area contributed by atoms with Crippen LogP contribution < -0.4 is 10.6 Å². The van der Waals surface area contributed by atoms with Crippen LogP contribution in [0.5, 0.6) is 0 Å². The number of amides is 2. The van der Waals surface area contributed by atoms with Gasteiger partial charge in [0.2, 0.25) is 11.8 Å². The zero-order valence-electron chi connectivity index (χ0n) is 14.8. The highest BCUT2D eigenvalue weighted by Gasteiger charge is 2.22. The number of aromatic nitrogens is 1. The number of carbonyl (C=O) groups excluding carboxylic acids is 2. The molecule has 0 saturated carbocycles. The van der Waals surface area contributed by atoms with Crippen molar-refractivity contribution in [1.29, 1.82) is 0 Å². The lowest BCUT2D eigenvalue weighted by atomic mass is 9.93. The van der Waals surface area contributed by atoms with Crippen molar-refractivity contribution in [3.8, 4) is 0 Å². The highest BCUT2D eigenvalue weighted by Crippen LogP contribution is 2.20. The third-order valence-electron chi connectivity index (χ3n) is 4.14. The van der Waals surface area contributed by atoms with E-state index in [9.17, 15) is 9.59 Å². The standard InChI is InChI=1S/C22H21N3O2/c26-21(25-18-11-5-2-6-12-18)16-24-22(27)20(17-9-3-1-4-10-17)15-19-13-7-8-14-23-19/h1-14,20H,15-16H2,(H,24,27)(H,25,26). The first kappa shape index (κ1) is 18.3. The van der Waals surface area contributed by atoms with E-state index < -0.39 is 5.92 Å². The zero-order chi connectivity index (χ0) is 18.9. The van der Waals surface area contributed by atoms with Crippen LogP contribution >= 0.6 is 0 Å². The molecule has 3 aromatic rings. The Morgan fingerprint density at radius 3 is 2.19 bits per heavy atom. The van der Waals surface area contributed by atoms with Crippen molar-refractivity contribution < 1.29 is 9.59 Å². The van der Waals surface area contributed by atoms with Gasteiger partial charge in [0.1, 0.15) is 0 Å². The summed E-state index contributed by atoms with van der Waals surface area (Å²) in [6.07, 6.45) is 2.18. The van der Waals surface area contributed by atoms with Gasteiger partial charge >= 0.3 is 0 Å². The van der Waals surface area contributed by atoms with Crippen LogP contribution in [-0.2, 0) is 16.0 Å². The average molecular weight is 359 g/mol. The summed E-state index contributed by atoms with van der Waals surface area (Å²) in [4.78, 5) is 29.2. The van der Waals surface area contributed by atoms with Crippen LogP contribution in [0.2, 0.25) is 0 Å². The fourth-order valence-corrected chi connectivity index (χ4v) is 2.79. The molecule has 0 aliphatic heterocycles. The Labute approximate surface area is 158 Å². The molecule has 0 aliphatic carbocycles. The lowest BCUT2D eigenvalue weighted by Crippen LogP contribution is -2.36. The molecule has 3 rings (SSSR count). The van der Waals surface area contributed by atoms with Crippen molar-refractivity contribution in [2.24, 2.45) is 0 Å². The Balaban J connectivity index is 1.65. The molecular formula is C22H21N3O2. The first-order valence-corrected chi connectivity index (χ1v) is 8.80. The number of hydrogen-bond donors (Lipinski definition) is 2. The largest absolute Gasteiger partial charge is 0.346 e. The van der Waals surface area contributed by atoms with Crippen molar-refractivity contribution in [2.75, 3.05) is 11.9 Å². The lowest BCUT2D eigenvalue weighted by molar-refractivity contribution is -0.125. The molecule has 0 saturated heterocycles. The predicted octanol–water partition coefficient (Wildman–Crippen LogP) is 3.16. The molecular weight excluding hydrogens is 338 g/mol. The van der Waals surface area contributed by atoms with E-state index in [4.69, 9.17) is 0 Å². The molecule has 27 heavy (non-hydrogen) atoms. The Morgan fingerprint density at radius 2 is 1.52 bits per heavy atom. The van der Waals surface area contributed by atoms with Crippen molar-refractivity contribution in [3.05, 3.63) is 96.3 Å². The SMILES string of the molecule is O=C(CNC(=O)C(Cc1ccccn1)c1ccccc1)Nc1ccccc1. The van der Waals surface area contributed by atoms with Crippen LogP contribution in [-0.4, -0.2) is 23.3 Å². The molecule has 0 aliphatic rings. The van der Waals surface area contributed by atoms with Gasteiger partial charge in [-0.05, 0) is 29.8 Å². The van der Waals surface area contributed by atoms with Crippen molar-refractivity contribution in [1.82, 2.24) is 10.3 Å². The Hall–Kier alpha value is -3.47. The van der Waals surface area contributed by atoms with Gasteiger partial charge in [0.05, 0.1) is 12.5 Å². The molecule has 0 radical (unpaired) electrons. The summed E-state index contributed by atoms with van der Waals surface area (Å²) in [5.74, 6) is -0.875. The van der Waals surface area contributed by atoms with E-state index in [1.165, 1.54) is 0 Å². The third-order valence-corrected chi connectivity index (χ3v) is 4.14. The van der Waals surface area contributed by atoms with Crippen molar-refractivity contribution in [2.45, 2.75) is 12.3 Å². The average Bonchev–Trinajstić information content (AvgIpc) is 2.72. The van der Waals surface area contributed by atoms with Crippen molar-refractivity contribution >= 4 is 17.5 Å². The molecule has 1 unspecified atom stereocenters. The highest BCUT2D eigenvalue weighted by atomic mass is 16.2. The molecule has 2 amide bonds. The Kier molecular flexibility index (Phi) is 6.30. The molecule has 1 atom stereocenters. The molecule has 1 aromatic heterocycles. The van der Waals surface area contributed by atoms with Crippen LogP contribution in [0.1, 0.15) is 17.2 Å². The molecule has 2 N–H and O–H groups in total. The first-order valence-electron chi connectivity index (χ1n) is 8.80. The van der Waals surface area contributed by atoms with Gasteiger partial charge in [-0.3, -0.25) is 14.6 Å². The molecule has 0 fully saturated rings. The fraction of sp³-hybridized carbons (Fsp3) is 0.136. The second-order valence-electron chi connectivity index (χ2n) is 6.12. The maximum Gasteiger partial charge on any atom is 0.243 e. The molecule has 0 bridgehead atoms. The summed E-state index contributed by atoms with van der Waals surface area (Å²) in [7, 11) is 0. The van der Waals surface area contributed by atoms with E-state index >= 15 is 0 Å². The lowest BCUT2D eigenvalue weighted by Gasteiger charge is -2.17. The number of para-hydroxylation sites is 1. The van der Waals surface area contributed by atoms with E-state index in [1.54, 1.807) is 18.3 Å². The van der Waals surface area contributed by atoms with Gasteiger partial charge in [-0.15, -0.1) is 0 Å². The Bertz CT molecular complexity index is 868. The number of nitrogens with zero attached hydrogens (tertiary/aromatic N) is 1. The fourth-order valence-electron chi connectivity index (χ4n) is 2.79. The quantitative estimate of drug-likeness (QED) is 0.681. The summed E-state index contributed by atoms with van der Waals surface area (Å²) in [5.41, 5.74) is 2.42. The van der Waals surface area contributed by atoms with Gasteiger partial charge in [-0.25, -0.2) is 0 Å². The monoisotopic (exact) mass is 359 g/mol. The minimum Gasteiger partial charge on any atom is -0.346 e. The number of anilines is 1. The summed E-state index contributed by atoms with van der Waals surface area (Å²) in [6, 6.07) is 24.3. The highest BCUT2D eigenvalue weighted by molar-refractivity contribution is 5.95. The van der Waals surface area contributed by atoms with E-state index in [2.05, 4.69) is 15.6 Å². The van der Waals surface area contributed by atoms with Gasteiger partial charge < -0.3 is 10.6 Å². The molecule has 1 heterocycles.